The van der Waals surface area contributed by atoms with Gasteiger partial charge in [0.05, 0.1) is 18.7 Å². The van der Waals surface area contributed by atoms with Crippen LogP contribution in [0.2, 0.25) is 0 Å². The van der Waals surface area contributed by atoms with E-state index in [1.165, 1.54) is 30.5 Å². The van der Waals surface area contributed by atoms with Gasteiger partial charge in [-0.3, -0.25) is 4.79 Å². The maximum atomic E-state index is 13.9. The number of carbonyl (C=O) groups is 1. The fraction of sp³-hybridized carbons (Fsp3) is 0.273. The van der Waals surface area contributed by atoms with Crippen LogP contribution in [0.1, 0.15) is 23.5 Å². The van der Waals surface area contributed by atoms with E-state index in [4.69, 9.17) is 4.74 Å². The number of pyridine rings is 1. The molecule has 2 aromatic heterocycles. The van der Waals surface area contributed by atoms with Gasteiger partial charge in [0.25, 0.3) is 5.82 Å². The smallest absolute Gasteiger partial charge is 0.298 e. The first-order valence-corrected chi connectivity index (χ1v) is 9.67. The first-order chi connectivity index (χ1) is 14.8. The standard InChI is InChI=1S/C22H20F2N4O3/c1-13-19(11-28(30)14(2)26-13)31-12-22(15-4-3-5-16(23)8-15)9-18(22)21(29)27-20-7-6-17(24)10-25-20/h3-8,10-11,18H,9,12H2,1-2H3,(H,25,27,29)/t18-,22+/m0/s1. The molecule has 4 rings (SSSR count). The average Bonchev–Trinajstić information content (AvgIpc) is 3.48. The summed E-state index contributed by atoms with van der Waals surface area (Å²) in [6.45, 7) is 3.36. The second-order valence-corrected chi connectivity index (χ2v) is 7.63. The molecule has 2 heterocycles. The zero-order chi connectivity index (χ0) is 22.2. The summed E-state index contributed by atoms with van der Waals surface area (Å²) in [4.78, 5) is 20.8. The van der Waals surface area contributed by atoms with Crippen LogP contribution in [0.15, 0.2) is 48.8 Å². The molecule has 31 heavy (non-hydrogen) atoms. The van der Waals surface area contributed by atoms with E-state index in [0.29, 0.717) is 34.0 Å². The predicted octanol–water partition coefficient (Wildman–Crippen LogP) is 2.98. The van der Waals surface area contributed by atoms with Crippen molar-refractivity contribution in [3.05, 3.63) is 82.7 Å². The van der Waals surface area contributed by atoms with E-state index in [0.717, 1.165) is 6.20 Å². The fourth-order valence-electron chi connectivity index (χ4n) is 3.66. The lowest BCUT2D eigenvalue weighted by Crippen LogP contribution is -2.32. The monoisotopic (exact) mass is 426 g/mol. The zero-order valence-corrected chi connectivity index (χ0v) is 16.9. The normalized spacial score (nSPS) is 19.7. The molecule has 2 atom stereocenters. The number of rotatable bonds is 6. The number of amides is 1. The molecule has 9 heteroatoms. The molecule has 1 aliphatic carbocycles. The van der Waals surface area contributed by atoms with E-state index >= 15 is 0 Å². The first kappa shape index (κ1) is 20.6. The SMILES string of the molecule is Cc1nc(C)[n+]([O-])cc1OC[C@@]1(c2cccc(F)c2)C[C@H]1C(=O)Nc1ccc(F)cn1. The highest BCUT2D eigenvalue weighted by atomic mass is 19.1. The molecular weight excluding hydrogens is 406 g/mol. The van der Waals surface area contributed by atoms with E-state index in [1.54, 1.807) is 26.0 Å². The molecule has 1 amide bonds. The Morgan fingerprint density at radius 1 is 1.29 bits per heavy atom. The highest BCUT2D eigenvalue weighted by Crippen LogP contribution is 2.55. The Morgan fingerprint density at radius 2 is 2.10 bits per heavy atom. The molecule has 0 saturated heterocycles. The number of halogens is 2. The number of aromatic nitrogens is 3. The quantitative estimate of drug-likeness (QED) is 0.483. The summed E-state index contributed by atoms with van der Waals surface area (Å²) in [7, 11) is 0. The molecule has 1 fully saturated rings. The van der Waals surface area contributed by atoms with E-state index in [9.17, 15) is 18.8 Å². The number of anilines is 1. The third kappa shape index (κ3) is 4.16. The zero-order valence-electron chi connectivity index (χ0n) is 16.9. The molecular formula is C22H20F2N4O3. The largest absolute Gasteiger partial charge is 0.711 e. The van der Waals surface area contributed by atoms with Crippen LogP contribution < -0.4 is 14.8 Å². The molecule has 7 nitrogen and oxygen atoms in total. The van der Waals surface area contributed by atoms with Crippen LogP contribution in [0, 0.1) is 36.6 Å². The lowest BCUT2D eigenvalue weighted by atomic mass is 9.93. The first-order valence-electron chi connectivity index (χ1n) is 9.67. The maximum absolute atomic E-state index is 13.9. The molecule has 0 spiro atoms. The molecule has 1 saturated carbocycles. The highest BCUT2D eigenvalue weighted by molar-refractivity contribution is 5.95. The van der Waals surface area contributed by atoms with Crippen molar-refractivity contribution in [2.75, 3.05) is 11.9 Å². The van der Waals surface area contributed by atoms with Gasteiger partial charge in [-0.2, -0.15) is 0 Å². The second-order valence-electron chi connectivity index (χ2n) is 7.63. The number of carbonyl (C=O) groups excluding carboxylic acids is 1. The molecule has 1 N–H and O–H groups in total. The van der Waals surface area contributed by atoms with Crippen molar-refractivity contribution in [2.24, 2.45) is 5.92 Å². The summed E-state index contributed by atoms with van der Waals surface area (Å²) >= 11 is 0. The molecule has 0 bridgehead atoms. The van der Waals surface area contributed by atoms with Gasteiger partial charge in [-0.25, -0.2) is 18.5 Å². The summed E-state index contributed by atoms with van der Waals surface area (Å²) in [6.07, 6.45) is 2.72. The Morgan fingerprint density at radius 3 is 2.81 bits per heavy atom. The van der Waals surface area contributed by atoms with Gasteiger partial charge in [0.15, 0.2) is 5.69 Å². The van der Waals surface area contributed by atoms with Gasteiger partial charge in [-0.1, -0.05) is 12.1 Å². The van der Waals surface area contributed by atoms with E-state index in [1.807, 2.05) is 0 Å². The van der Waals surface area contributed by atoms with Crippen molar-refractivity contribution in [3.8, 4) is 5.75 Å². The number of nitrogens with one attached hydrogen (secondary N) is 1. The van der Waals surface area contributed by atoms with Gasteiger partial charge >= 0.3 is 0 Å². The Balaban J connectivity index is 1.58. The summed E-state index contributed by atoms with van der Waals surface area (Å²) in [5.74, 6) is -0.969. The molecule has 0 aliphatic heterocycles. The van der Waals surface area contributed by atoms with E-state index in [2.05, 4.69) is 15.3 Å². The molecule has 160 valence electrons. The third-order valence-electron chi connectivity index (χ3n) is 5.49. The summed E-state index contributed by atoms with van der Waals surface area (Å²) in [5, 5.41) is 14.5. The van der Waals surface area contributed by atoms with Gasteiger partial charge < -0.3 is 15.3 Å². The van der Waals surface area contributed by atoms with Gasteiger partial charge in [0.2, 0.25) is 11.7 Å². The fourth-order valence-corrected chi connectivity index (χ4v) is 3.66. The van der Waals surface area contributed by atoms with Crippen molar-refractivity contribution in [3.63, 3.8) is 0 Å². The number of nitrogens with zero attached hydrogens (tertiary/aromatic N) is 3. The van der Waals surface area contributed by atoms with Gasteiger partial charge in [-0.05, 0) is 41.2 Å². The summed E-state index contributed by atoms with van der Waals surface area (Å²) in [6, 6.07) is 8.58. The average molecular weight is 426 g/mol. The molecule has 0 unspecified atom stereocenters. The number of hydrogen-bond acceptors (Lipinski definition) is 5. The number of aryl methyl sites for hydroxylation is 2. The highest BCUT2D eigenvalue weighted by Gasteiger charge is 2.60. The van der Waals surface area contributed by atoms with Gasteiger partial charge in [-0.15, -0.1) is 0 Å². The Kier molecular flexibility index (Phi) is 5.26. The van der Waals surface area contributed by atoms with Crippen LogP contribution in [-0.4, -0.2) is 22.5 Å². The van der Waals surface area contributed by atoms with Crippen molar-refractivity contribution in [1.82, 2.24) is 9.97 Å². The van der Waals surface area contributed by atoms with E-state index in [-0.39, 0.29) is 18.3 Å². The predicted molar refractivity (Wildman–Crippen MR) is 107 cm³/mol. The van der Waals surface area contributed by atoms with Crippen molar-refractivity contribution in [2.45, 2.75) is 25.7 Å². The molecule has 0 radical (unpaired) electrons. The number of ether oxygens (including phenoxy) is 1. The lowest BCUT2D eigenvalue weighted by Gasteiger charge is -2.19. The van der Waals surface area contributed by atoms with Crippen LogP contribution in [0.5, 0.6) is 5.75 Å². The maximum Gasteiger partial charge on any atom is 0.298 e. The Labute approximate surface area is 177 Å². The van der Waals surface area contributed by atoms with Crippen LogP contribution >= 0.6 is 0 Å². The second kappa shape index (κ2) is 7.90. The van der Waals surface area contributed by atoms with Crippen LogP contribution in [0.3, 0.4) is 0 Å². The lowest BCUT2D eigenvalue weighted by molar-refractivity contribution is -0.616. The summed E-state index contributed by atoms with van der Waals surface area (Å²) in [5.41, 5.74) is 0.376. The topological polar surface area (TPSA) is 91.0 Å². The van der Waals surface area contributed by atoms with Crippen molar-refractivity contribution in [1.29, 1.82) is 0 Å². The molecule has 1 aliphatic rings. The van der Waals surface area contributed by atoms with Gasteiger partial charge in [0.1, 0.15) is 23.6 Å². The van der Waals surface area contributed by atoms with Crippen LogP contribution in [-0.2, 0) is 10.2 Å². The van der Waals surface area contributed by atoms with Crippen LogP contribution in [0.4, 0.5) is 14.6 Å². The van der Waals surface area contributed by atoms with Crippen molar-refractivity contribution < 1.29 is 23.0 Å². The Bertz CT molecular complexity index is 1140. The third-order valence-corrected chi connectivity index (χ3v) is 5.49. The van der Waals surface area contributed by atoms with Crippen molar-refractivity contribution >= 4 is 11.7 Å². The molecule has 1 aromatic carbocycles. The number of benzene rings is 1. The minimum atomic E-state index is -0.781. The Hall–Kier alpha value is -3.62. The molecule has 3 aromatic rings. The van der Waals surface area contributed by atoms with Crippen LogP contribution in [0.25, 0.3) is 0 Å². The minimum Gasteiger partial charge on any atom is -0.711 e. The van der Waals surface area contributed by atoms with E-state index < -0.39 is 23.0 Å². The van der Waals surface area contributed by atoms with Gasteiger partial charge in [0, 0.05) is 19.3 Å². The number of hydrogen-bond donors (Lipinski definition) is 1. The minimum absolute atomic E-state index is 0.0525. The summed E-state index contributed by atoms with van der Waals surface area (Å²) < 4.78 is 33.5.